The third kappa shape index (κ3) is 3.87. The van der Waals surface area contributed by atoms with Gasteiger partial charge in [-0.05, 0) is 24.5 Å². The van der Waals surface area contributed by atoms with Crippen LogP contribution < -0.4 is 10.6 Å². The van der Waals surface area contributed by atoms with Gasteiger partial charge in [-0.1, -0.05) is 67.1 Å². The first kappa shape index (κ1) is 19.9. The van der Waals surface area contributed by atoms with Crippen molar-refractivity contribution in [3.63, 3.8) is 0 Å². The fraction of sp³-hybridized carbons (Fsp3) is 0.286. The summed E-state index contributed by atoms with van der Waals surface area (Å²) < 4.78 is 0. The second kappa shape index (κ2) is 8.02. The van der Waals surface area contributed by atoms with E-state index in [1.165, 1.54) is 0 Å². The molecule has 7 heteroatoms. The highest BCUT2D eigenvalue weighted by molar-refractivity contribution is 6.32. The molecule has 1 aliphatic rings. The predicted octanol–water partition coefficient (Wildman–Crippen LogP) is 3.03. The van der Waals surface area contributed by atoms with Crippen LogP contribution in [0.2, 0.25) is 5.02 Å². The first-order valence-electron chi connectivity index (χ1n) is 9.03. The van der Waals surface area contributed by atoms with Gasteiger partial charge in [-0.3, -0.25) is 14.5 Å². The van der Waals surface area contributed by atoms with Crippen molar-refractivity contribution in [2.45, 2.75) is 25.3 Å². The molecule has 0 aliphatic carbocycles. The van der Waals surface area contributed by atoms with Crippen LogP contribution in [0.15, 0.2) is 54.6 Å². The predicted molar refractivity (Wildman–Crippen MR) is 107 cm³/mol. The van der Waals surface area contributed by atoms with Crippen LogP contribution in [0.3, 0.4) is 0 Å². The molecule has 146 valence electrons. The first-order valence-corrected chi connectivity index (χ1v) is 9.41. The third-order valence-electron chi connectivity index (χ3n) is 4.96. The van der Waals surface area contributed by atoms with Gasteiger partial charge in [0.2, 0.25) is 5.91 Å². The Balaban J connectivity index is 1.64. The van der Waals surface area contributed by atoms with Crippen LogP contribution in [-0.2, 0) is 15.1 Å². The van der Waals surface area contributed by atoms with E-state index in [9.17, 15) is 14.4 Å². The lowest BCUT2D eigenvalue weighted by atomic mass is 9.92. The SMILES string of the molecule is C[C@@H](CNC(=O)CN1C(=O)N[C@](C)(c2ccccc2Cl)C1=O)c1ccccc1. The van der Waals surface area contributed by atoms with Crippen molar-refractivity contribution < 1.29 is 14.4 Å². The first-order chi connectivity index (χ1) is 13.3. The van der Waals surface area contributed by atoms with Crippen LogP contribution in [0.5, 0.6) is 0 Å². The number of hydrogen-bond acceptors (Lipinski definition) is 3. The van der Waals surface area contributed by atoms with Gasteiger partial charge in [0.05, 0.1) is 0 Å². The van der Waals surface area contributed by atoms with Gasteiger partial charge in [-0.2, -0.15) is 0 Å². The zero-order valence-corrected chi connectivity index (χ0v) is 16.5. The van der Waals surface area contributed by atoms with Crippen LogP contribution >= 0.6 is 11.6 Å². The zero-order chi connectivity index (χ0) is 20.3. The summed E-state index contributed by atoms with van der Waals surface area (Å²) in [6.07, 6.45) is 0. The van der Waals surface area contributed by atoms with Gasteiger partial charge in [0.15, 0.2) is 0 Å². The molecule has 0 saturated carbocycles. The highest BCUT2D eigenvalue weighted by atomic mass is 35.5. The highest BCUT2D eigenvalue weighted by Gasteiger charge is 2.50. The molecule has 2 atom stereocenters. The Morgan fingerprint density at radius 2 is 1.79 bits per heavy atom. The molecule has 1 heterocycles. The molecular weight excluding hydrogens is 378 g/mol. The molecule has 2 aromatic carbocycles. The van der Waals surface area contributed by atoms with E-state index >= 15 is 0 Å². The third-order valence-corrected chi connectivity index (χ3v) is 5.29. The van der Waals surface area contributed by atoms with Gasteiger partial charge in [0.1, 0.15) is 12.1 Å². The number of urea groups is 1. The molecule has 28 heavy (non-hydrogen) atoms. The van der Waals surface area contributed by atoms with Crippen molar-refractivity contribution in [3.8, 4) is 0 Å². The average Bonchev–Trinajstić information content (AvgIpc) is 2.91. The highest BCUT2D eigenvalue weighted by Crippen LogP contribution is 2.33. The molecule has 4 amide bonds. The van der Waals surface area contributed by atoms with Gasteiger partial charge < -0.3 is 10.6 Å². The number of carbonyl (C=O) groups excluding carboxylic acids is 3. The topological polar surface area (TPSA) is 78.5 Å². The standard InChI is InChI=1S/C21H22ClN3O3/c1-14(15-8-4-3-5-9-15)12-23-18(26)13-25-19(27)21(2,24-20(25)28)16-10-6-7-11-17(16)22/h3-11,14H,12-13H2,1-2H3,(H,23,26)(H,24,28)/t14-,21+/m0/s1. The molecular formula is C21H22ClN3O3. The maximum absolute atomic E-state index is 12.9. The van der Waals surface area contributed by atoms with Crippen molar-refractivity contribution in [2.75, 3.05) is 13.1 Å². The molecule has 0 aromatic heterocycles. The maximum Gasteiger partial charge on any atom is 0.325 e. The van der Waals surface area contributed by atoms with E-state index in [0.717, 1.165) is 10.5 Å². The van der Waals surface area contributed by atoms with E-state index in [1.54, 1.807) is 31.2 Å². The molecule has 0 bridgehead atoms. The molecule has 0 radical (unpaired) electrons. The largest absolute Gasteiger partial charge is 0.354 e. The normalized spacial score (nSPS) is 20.0. The van der Waals surface area contributed by atoms with Gasteiger partial charge in [-0.15, -0.1) is 0 Å². The fourth-order valence-electron chi connectivity index (χ4n) is 3.26. The minimum Gasteiger partial charge on any atom is -0.354 e. The van der Waals surface area contributed by atoms with E-state index in [4.69, 9.17) is 11.6 Å². The number of nitrogens with zero attached hydrogens (tertiary/aromatic N) is 1. The summed E-state index contributed by atoms with van der Waals surface area (Å²) in [6.45, 7) is 3.65. The van der Waals surface area contributed by atoms with Crippen LogP contribution in [-0.4, -0.2) is 35.8 Å². The van der Waals surface area contributed by atoms with Gasteiger partial charge in [0.25, 0.3) is 5.91 Å². The minimum absolute atomic E-state index is 0.113. The van der Waals surface area contributed by atoms with E-state index in [2.05, 4.69) is 10.6 Å². The Hall–Kier alpha value is -2.86. The Bertz CT molecular complexity index is 903. The van der Waals surface area contributed by atoms with Crippen LogP contribution in [0.4, 0.5) is 4.79 Å². The number of hydrogen-bond donors (Lipinski definition) is 2. The van der Waals surface area contributed by atoms with Crippen LogP contribution in [0.1, 0.15) is 30.9 Å². The Morgan fingerprint density at radius 1 is 1.14 bits per heavy atom. The lowest BCUT2D eigenvalue weighted by Gasteiger charge is -2.23. The summed E-state index contributed by atoms with van der Waals surface area (Å²) in [5.41, 5.74) is 0.298. The van der Waals surface area contributed by atoms with Crippen LogP contribution in [0, 0.1) is 0 Å². The second-order valence-electron chi connectivity index (χ2n) is 7.04. The number of amides is 4. The number of nitrogens with one attached hydrogen (secondary N) is 2. The van der Waals surface area contributed by atoms with Gasteiger partial charge >= 0.3 is 6.03 Å². The molecule has 1 fully saturated rings. The van der Waals surface area contributed by atoms with Gasteiger partial charge in [0, 0.05) is 17.1 Å². The quantitative estimate of drug-likeness (QED) is 0.733. The monoisotopic (exact) mass is 399 g/mol. The van der Waals surface area contributed by atoms with Crippen molar-refractivity contribution in [1.82, 2.24) is 15.5 Å². The summed E-state index contributed by atoms with van der Waals surface area (Å²) in [4.78, 5) is 38.5. The molecule has 6 nitrogen and oxygen atoms in total. The van der Waals surface area contributed by atoms with E-state index in [-0.39, 0.29) is 12.5 Å². The summed E-state index contributed by atoms with van der Waals surface area (Å²) in [6, 6.07) is 16.0. The van der Waals surface area contributed by atoms with Crippen LogP contribution in [0.25, 0.3) is 0 Å². The molecule has 2 N–H and O–H groups in total. The molecule has 2 aromatic rings. The molecule has 3 rings (SSSR count). The number of carbonyl (C=O) groups is 3. The molecule has 1 saturated heterocycles. The molecule has 1 aliphatic heterocycles. The summed E-state index contributed by atoms with van der Waals surface area (Å²) in [7, 11) is 0. The van der Waals surface area contributed by atoms with Crippen molar-refractivity contribution in [2.24, 2.45) is 0 Å². The van der Waals surface area contributed by atoms with Gasteiger partial charge in [-0.25, -0.2) is 4.79 Å². The number of rotatable bonds is 6. The Labute approximate surface area is 168 Å². The summed E-state index contributed by atoms with van der Waals surface area (Å²) in [5, 5.41) is 5.82. The lowest BCUT2D eigenvalue weighted by molar-refractivity contribution is -0.134. The maximum atomic E-state index is 12.9. The minimum atomic E-state index is -1.30. The van der Waals surface area contributed by atoms with E-state index in [1.807, 2.05) is 37.3 Å². The van der Waals surface area contributed by atoms with E-state index < -0.39 is 23.4 Å². The second-order valence-corrected chi connectivity index (χ2v) is 7.45. The Morgan fingerprint density at radius 3 is 2.46 bits per heavy atom. The van der Waals surface area contributed by atoms with E-state index in [0.29, 0.717) is 17.1 Å². The number of halogens is 1. The molecule has 0 spiro atoms. The Kier molecular flexibility index (Phi) is 5.70. The van der Waals surface area contributed by atoms with Crippen molar-refractivity contribution in [1.29, 1.82) is 0 Å². The fourth-order valence-corrected chi connectivity index (χ4v) is 3.58. The molecule has 0 unspecified atom stereocenters. The van der Waals surface area contributed by atoms with Crippen molar-refractivity contribution in [3.05, 3.63) is 70.7 Å². The number of imide groups is 1. The summed E-state index contributed by atoms with van der Waals surface area (Å²) in [5.74, 6) is -0.784. The smallest absolute Gasteiger partial charge is 0.325 e. The lowest BCUT2D eigenvalue weighted by Crippen LogP contribution is -2.43. The zero-order valence-electron chi connectivity index (χ0n) is 15.7. The number of benzene rings is 2. The average molecular weight is 400 g/mol. The summed E-state index contributed by atoms with van der Waals surface area (Å²) >= 11 is 6.20. The van der Waals surface area contributed by atoms with Crippen molar-refractivity contribution >= 4 is 29.4 Å².